The lowest BCUT2D eigenvalue weighted by Gasteiger charge is -2.08. The first-order chi connectivity index (χ1) is 9.97. The minimum atomic E-state index is -1.38. The Hall–Kier alpha value is -2.83. The van der Waals surface area contributed by atoms with E-state index in [0.29, 0.717) is 5.75 Å². The number of aromatic nitrogens is 2. The summed E-state index contributed by atoms with van der Waals surface area (Å²) in [5.41, 5.74) is -1.02. The number of carbonyl (C=O) groups is 1. The maximum atomic E-state index is 11.6. The molecule has 0 radical (unpaired) electrons. The minimum absolute atomic E-state index is 0.129. The highest BCUT2D eigenvalue weighted by atomic mass is 16.5. The van der Waals surface area contributed by atoms with E-state index in [0.717, 1.165) is 16.3 Å². The summed E-state index contributed by atoms with van der Waals surface area (Å²) in [7, 11) is 0. The van der Waals surface area contributed by atoms with E-state index in [1.54, 1.807) is 6.07 Å². The topological polar surface area (TPSA) is 101 Å². The summed E-state index contributed by atoms with van der Waals surface area (Å²) in [6.07, 6.45) is 1.02. The number of nitrogens with one attached hydrogen (secondary N) is 1. The van der Waals surface area contributed by atoms with Crippen molar-refractivity contribution >= 4 is 5.97 Å². The molecule has 0 fully saturated rings. The second-order valence-electron chi connectivity index (χ2n) is 4.47. The number of aryl methyl sites for hydroxylation is 1. The van der Waals surface area contributed by atoms with Gasteiger partial charge in [0.15, 0.2) is 0 Å². The largest absolute Gasteiger partial charge is 0.492 e. The molecule has 110 valence electrons. The number of hydrogen-bond donors (Lipinski definition) is 2. The van der Waals surface area contributed by atoms with E-state index in [-0.39, 0.29) is 13.2 Å². The molecule has 0 unspecified atom stereocenters. The quantitative estimate of drug-likeness (QED) is 0.840. The number of rotatable bonds is 5. The molecule has 0 saturated carbocycles. The van der Waals surface area contributed by atoms with Crippen LogP contribution in [0.1, 0.15) is 15.9 Å². The number of benzene rings is 1. The number of hydrogen-bond acceptors (Lipinski definition) is 4. The Balaban J connectivity index is 2.10. The number of carboxylic acid groups (broad SMARTS) is 1. The van der Waals surface area contributed by atoms with Crippen LogP contribution in [0.2, 0.25) is 0 Å². The molecular weight excluding hydrogens is 276 g/mol. The van der Waals surface area contributed by atoms with E-state index in [9.17, 15) is 14.4 Å². The van der Waals surface area contributed by atoms with Crippen LogP contribution in [0, 0.1) is 6.92 Å². The maximum Gasteiger partial charge on any atom is 0.342 e. The molecule has 0 atom stereocenters. The molecule has 1 aromatic carbocycles. The van der Waals surface area contributed by atoms with Crippen LogP contribution in [0.4, 0.5) is 0 Å². The van der Waals surface area contributed by atoms with Crippen molar-refractivity contribution in [3.63, 3.8) is 0 Å². The molecule has 7 nitrogen and oxygen atoms in total. The van der Waals surface area contributed by atoms with Gasteiger partial charge in [0, 0.05) is 6.20 Å². The van der Waals surface area contributed by atoms with Crippen molar-refractivity contribution in [2.45, 2.75) is 13.5 Å². The van der Waals surface area contributed by atoms with Gasteiger partial charge in [0.05, 0.1) is 6.54 Å². The lowest BCUT2D eigenvalue weighted by Crippen LogP contribution is -2.34. The highest BCUT2D eigenvalue weighted by Gasteiger charge is 2.11. The Morgan fingerprint density at radius 1 is 1.38 bits per heavy atom. The van der Waals surface area contributed by atoms with Crippen molar-refractivity contribution in [2.24, 2.45) is 0 Å². The normalized spacial score (nSPS) is 10.3. The fraction of sp³-hybridized carbons (Fsp3) is 0.214. The van der Waals surface area contributed by atoms with Gasteiger partial charge in [-0.1, -0.05) is 12.1 Å². The van der Waals surface area contributed by atoms with Crippen LogP contribution >= 0.6 is 0 Å². The van der Waals surface area contributed by atoms with Crippen molar-refractivity contribution < 1.29 is 14.6 Å². The molecule has 0 spiro atoms. The van der Waals surface area contributed by atoms with E-state index in [1.807, 2.05) is 30.1 Å². The van der Waals surface area contributed by atoms with E-state index in [4.69, 9.17) is 9.84 Å². The minimum Gasteiger partial charge on any atom is -0.492 e. The van der Waals surface area contributed by atoms with Crippen LogP contribution < -0.4 is 16.0 Å². The zero-order valence-corrected chi connectivity index (χ0v) is 11.3. The number of carboxylic acids is 1. The molecule has 7 heteroatoms. The molecule has 0 bridgehead atoms. The molecule has 2 N–H and O–H groups in total. The Bertz CT molecular complexity index is 775. The van der Waals surface area contributed by atoms with Gasteiger partial charge in [-0.05, 0) is 24.6 Å². The van der Waals surface area contributed by atoms with Gasteiger partial charge in [-0.3, -0.25) is 14.3 Å². The van der Waals surface area contributed by atoms with E-state index < -0.39 is 22.8 Å². The van der Waals surface area contributed by atoms with Crippen LogP contribution in [-0.2, 0) is 6.54 Å². The third-order valence-corrected chi connectivity index (χ3v) is 2.83. The first-order valence-electron chi connectivity index (χ1n) is 6.24. The van der Waals surface area contributed by atoms with Crippen molar-refractivity contribution in [3.8, 4) is 5.75 Å². The first kappa shape index (κ1) is 14.6. The SMILES string of the molecule is Cc1cccc(OCCn2cc(C(=O)O)c(=O)[nH]c2=O)c1. The lowest BCUT2D eigenvalue weighted by atomic mass is 10.2. The van der Waals surface area contributed by atoms with Gasteiger partial charge in [-0.15, -0.1) is 0 Å². The van der Waals surface area contributed by atoms with E-state index in [1.165, 1.54) is 0 Å². The van der Waals surface area contributed by atoms with Crippen molar-refractivity contribution in [1.82, 2.24) is 9.55 Å². The summed E-state index contributed by atoms with van der Waals surface area (Å²) < 4.78 is 6.58. The molecule has 0 aliphatic carbocycles. The second kappa shape index (κ2) is 6.08. The summed E-state index contributed by atoms with van der Waals surface area (Å²) in [5.74, 6) is -0.726. The summed E-state index contributed by atoms with van der Waals surface area (Å²) in [6.45, 7) is 2.23. The monoisotopic (exact) mass is 290 g/mol. The third-order valence-electron chi connectivity index (χ3n) is 2.83. The van der Waals surface area contributed by atoms with Crippen molar-refractivity contribution in [2.75, 3.05) is 6.61 Å². The highest BCUT2D eigenvalue weighted by Crippen LogP contribution is 2.11. The average Bonchev–Trinajstić information content (AvgIpc) is 2.41. The van der Waals surface area contributed by atoms with Gasteiger partial charge in [0.1, 0.15) is 17.9 Å². The predicted molar refractivity (Wildman–Crippen MR) is 75.0 cm³/mol. The number of H-pyrrole nitrogens is 1. The molecule has 0 aliphatic rings. The van der Waals surface area contributed by atoms with E-state index in [2.05, 4.69) is 0 Å². The zero-order valence-electron chi connectivity index (χ0n) is 11.3. The number of nitrogens with zero attached hydrogens (tertiary/aromatic N) is 1. The van der Waals surface area contributed by atoms with Gasteiger partial charge in [0.2, 0.25) is 0 Å². The van der Waals surface area contributed by atoms with Gasteiger partial charge < -0.3 is 9.84 Å². The standard InChI is InChI=1S/C14H14N2O5/c1-9-3-2-4-10(7-9)21-6-5-16-8-11(13(18)19)12(17)15-14(16)20/h2-4,7-8H,5-6H2,1H3,(H,18,19)(H,15,17,20). The molecular formula is C14H14N2O5. The maximum absolute atomic E-state index is 11.6. The van der Waals surface area contributed by atoms with Crippen LogP contribution in [0.5, 0.6) is 5.75 Å². The summed E-state index contributed by atoms with van der Waals surface area (Å²) in [6, 6.07) is 7.40. The molecule has 1 heterocycles. The van der Waals surface area contributed by atoms with Crippen LogP contribution in [0.3, 0.4) is 0 Å². The molecule has 0 saturated heterocycles. The summed E-state index contributed by atoms with van der Waals surface area (Å²) in [4.78, 5) is 35.7. The average molecular weight is 290 g/mol. The zero-order chi connectivity index (χ0) is 15.4. The molecule has 21 heavy (non-hydrogen) atoms. The van der Waals surface area contributed by atoms with Crippen molar-refractivity contribution in [3.05, 3.63) is 62.4 Å². The third kappa shape index (κ3) is 3.59. The first-order valence-corrected chi connectivity index (χ1v) is 6.24. The van der Waals surface area contributed by atoms with Gasteiger partial charge in [-0.25, -0.2) is 9.59 Å². The van der Waals surface area contributed by atoms with Gasteiger partial charge in [-0.2, -0.15) is 0 Å². The van der Waals surface area contributed by atoms with Crippen LogP contribution in [-0.4, -0.2) is 27.2 Å². The Morgan fingerprint density at radius 3 is 2.81 bits per heavy atom. The Kier molecular flexibility index (Phi) is 4.22. The molecule has 1 aromatic heterocycles. The predicted octanol–water partition coefficient (Wildman–Crippen LogP) is 0.622. The molecule has 2 rings (SSSR count). The summed E-state index contributed by atoms with van der Waals surface area (Å²) >= 11 is 0. The van der Waals surface area contributed by atoms with Crippen LogP contribution in [0.15, 0.2) is 40.1 Å². The number of ether oxygens (including phenoxy) is 1. The van der Waals surface area contributed by atoms with Gasteiger partial charge >= 0.3 is 11.7 Å². The highest BCUT2D eigenvalue weighted by molar-refractivity contribution is 5.86. The van der Waals surface area contributed by atoms with Crippen molar-refractivity contribution in [1.29, 1.82) is 0 Å². The fourth-order valence-corrected chi connectivity index (χ4v) is 1.79. The smallest absolute Gasteiger partial charge is 0.342 e. The fourth-order valence-electron chi connectivity index (χ4n) is 1.79. The Morgan fingerprint density at radius 2 is 2.14 bits per heavy atom. The Labute approximate surface area is 119 Å². The summed E-state index contributed by atoms with van der Waals surface area (Å²) in [5, 5.41) is 8.85. The molecule has 0 aliphatic heterocycles. The second-order valence-corrected chi connectivity index (χ2v) is 4.47. The lowest BCUT2D eigenvalue weighted by molar-refractivity contribution is 0.0693. The van der Waals surface area contributed by atoms with Gasteiger partial charge in [0.25, 0.3) is 5.56 Å². The number of aromatic carboxylic acids is 1. The molecule has 0 amide bonds. The van der Waals surface area contributed by atoms with E-state index >= 15 is 0 Å². The van der Waals surface area contributed by atoms with Crippen LogP contribution in [0.25, 0.3) is 0 Å². The number of aromatic amines is 1. The molecule has 2 aromatic rings.